The summed E-state index contributed by atoms with van der Waals surface area (Å²) in [7, 11) is 0. The van der Waals surface area contributed by atoms with Gasteiger partial charge in [-0.2, -0.15) is 0 Å². The number of carbonyl (C=O) groups excluding carboxylic acids is 1. The van der Waals surface area contributed by atoms with Crippen molar-refractivity contribution < 1.29 is 19.4 Å². The number of rotatable bonds is 3. The van der Waals surface area contributed by atoms with Crippen molar-refractivity contribution in [3.8, 4) is 0 Å². The minimum absolute atomic E-state index is 0.131. The molecule has 1 amide bonds. The molecule has 1 aliphatic carbocycles. The molecule has 0 heterocycles. The molecule has 20 heavy (non-hydrogen) atoms. The largest absolute Gasteiger partial charge is 0.481 e. The molecule has 116 valence electrons. The number of hydrogen-bond donors (Lipinski definition) is 2. The molecule has 0 radical (unpaired) electrons. The quantitative estimate of drug-likeness (QED) is 0.835. The Morgan fingerprint density at radius 1 is 1.25 bits per heavy atom. The first kappa shape index (κ1) is 16.8. The summed E-state index contributed by atoms with van der Waals surface area (Å²) in [5, 5.41) is 12.2. The fraction of sp³-hybridized carbons (Fsp3) is 0.867. The summed E-state index contributed by atoms with van der Waals surface area (Å²) < 4.78 is 5.16. The number of amides is 1. The van der Waals surface area contributed by atoms with Crippen LogP contribution in [0.4, 0.5) is 4.79 Å². The SMILES string of the molecule is CC1CC(C)CC(CNC(=O)OC(C)(C)C)(C(=O)O)C1. The van der Waals surface area contributed by atoms with E-state index in [0.717, 1.165) is 6.42 Å². The van der Waals surface area contributed by atoms with Crippen molar-refractivity contribution in [1.82, 2.24) is 5.32 Å². The van der Waals surface area contributed by atoms with Gasteiger partial charge in [0.2, 0.25) is 0 Å². The highest BCUT2D eigenvalue weighted by atomic mass is 16.6. The number of carboxylic acids is 1. The lowest BCUT2D eigenvalue weighted by molar-refractivity contribution is -0.152. The van der Waals surface area contributed by atoms with Crippen LogP contribution in [0.3, 0.4) is 0 Å². The normalized spacial score (nSPS) is 30.6. The van der Waals surface area contributed by atoms with Gasteiger partial charge in [-0.3, -0.25) is 4.79 Å². The molecule has 2 unspecified atom stereocenters. The molecular weight excluding hydrogens is 258 g/mol. The molecule has 5 heteroatoms. The maximum absolute atomic E-state index is 11.7. The summed E-state index contributed by atoms with van der Waals surface area (Å²) in [5.74, 6) is -0.113. The van der Waals surface area contributed by atoms with Crippen molar-refractivity contribution in [3.63, 3.8) is 0 Å². The predicted octanol–water partition coefficient (Wildman–Crippen LogP) is 3.04. The van der Waals surface area contributed by atoms with E-state index in [-0.39, 0.29) is 6.54 Å². The third-order valence-electron chi connectivity index (χ3n) is 3.71. The first-order valence-corrected chi connectivity index (χ1v) is 7.24. The van der Waals surface area contributed by atoms with Crippen molar-refractivity contribution in [3.05, 3.63) is 0 Å². The van der Waals surface area contributed by atoms with Crippen LogP contribution in [0, 0.1) is 17.3 Å². The van der Waals surface area contributed by atoms with E-state index in [1.165, 1.54) is 0 Å². The lowest BCUT2D eigenvalue weighted by atomic mass is 9.66. The number of aliphatic carboxylic acids is 1. The van der Waals surface area contributed by atoms with Crippen molar-refractivity contribution in [2.75, 3.05) is 6.54 Å². The smallest absolute Gasteiger partial charge is 0.407 e. The molecule has 1 rings (SSSR count). The summed E-state index contributed by atoms with van der Waals surface area (Å²) in [6.45, 7) is 9.62. The average Bonchev–Trinajstić information content (AvgIpc) is 2.22. The van der Waals surface area contributed by atoms with Crippen LogP contribution in [0.5, 0.6) is 0 Å². The molecule has 0 aromatic carbocycles. The highest BCUT2D eigenvalue weighted by molar-refractivity contribution is 5.76. The molecule has 0 aliphatic heterocycles. The van der Waals surface area contributed by atoms with E-state index < -0.39 is 23.1 Å². The van der Waals surface area contributed by atoms with Gasteiger partial charge in [-0.05, 0) is 51.9 Å². The van der Waals surface area contributed by atoms with E-state index in [0.29, 0.717) is 24.7 Å². The molecular formula is C15H27NO4. The Hall–Kier alpha value is -1.26. The second-order valence-electron chi connectivity index (χ2n) is 7.30. The standard InChI is InChI=1S/C15H27NO4/c1-10-6-11(2)8-15(7-10,12(17)18)9-16-13(19)20-14(3,4)5/h10-11H,6-9H2,1-5H3,(H,16,19)(H,17,18). The highest BCUT2D eigenvalue weighted by Gasteiger charge is 2.44. The Kier molecular flexibility index (Phi) is 5.05. The van der Waals surface area contributed by atoms with Gasteiger partial charge in [0.15, 0.2) is 0 Å². The summed E-state index contributed by atoms with van der Waals surface area (Å²) in [5.41, 5.74) is -1.44. The highest BCUT2D eigenvalue weighted by Crippen LogP contribution is 2.42. The molecule has 0 aromatic rings. The molecule has 5 nitrogen and oxygen atoms in total. The van der Waals surface area contributed by atoms with E-state index in [1.54, 1.807) is 20.8 Å². The van der Waals surface area contributed by atoms with E-state index in [4.69, 9.17) is 4.74 Å². The average molecular weight is 285 g/mol. The molecule has 0 aromatic heterocycles. The van der Waals surface area contributed by atoms with Gasteiger partial charge < -0.3 is 15.2 Å². The van der Waals surface area contributed by atoms with Gasteiger partial charge in [0.05, 0.1) is 5.41 Å². The summed E-state index contributed by atoms with van der Waals surface area (Å²) in [6.07, 6.45) is 1.69. The zero-order chi connectivity index (χ0) is 15.6. The van der Waals surface area contributed by atoms with Crippen molar-refractivity contribution in [2.24, 2.45) is 17.3 Å². The molecule has 1 saturated carbocycles. The maximum atomic E-state index is 11.7. The number of carbonyl (C=O) groups is 2. The van der Waals surface area contributed by atoms with Crippen LogP contribution in [0.25, 0.3) is 0 Å². The summed E-state index contributed by atoms with van der Waals surface area (Å²) in [6, 6.07) is 0. The first-order chi connectivity index (χ1) is 9.04. The predicted molar refractivity (Wildman–Crippen MR) is 76.5 cm³/mol. The second-order valence-corrected chi connectivity index (χ2v) is 7.30. The number of ether oxygens (including phenoxy) is 1. The van der Waals surface area contributed by atoms with Crippen molar-refractivity contribution in [2.45, 2.75) is 59.5 Å². The van der Waals surface area contributed by atoms with Crippen LogP contribution < -0.4 is 5.32 Å². The van der Waals surface area contributed by atoms with Crippen LogP contribution in [-0.2, 0) is 9.53 Å². The lowest BCUT2D eigenvalue weighted by Gasteiger charge is -2.39. The van der Waals surface area contributed by atoms with Crippen LogP contribution in [-0.4, -0.2) is 29.3 Å². The van der Waals surface area contributed by atoms with Gasteiger partial charge in [-0.25, -0.2) is 4.79 Å². The van der Waals surface area contributed by atoms with Crippen molar-refractivity contribution >= 4 is 12.1 Å². The van der Waals surface area contributed by atoms with Crippen LogP contribution in [0.15, 0.2) is 0 Å². The minimum atomic E-state index is -0.867. The van der Waals surface area contributed by atoms with E-state index in [1.807, 2.05) is 0 Å². The van der Waals surface area contributed by atoms with Crippen LogP contribution >= 0.6 is 0 Å². The number of carboxylic acid groups (broad SMARTS) is 1. The number of nitrogens with one attached hydrogen (secondary N) is 1. The van der Waals surface area contributed by atoms with E-state index >= 15 is 0 Å². The molecule has 0 saturated heterocycles. The van der Waals surface area contributed by atoms with Gasteiger partial charge in [0.1, 0.15) is 5.60 Å². The molecule has 1 fully saturated rings. The van der Waals surface area contributed by atoms with E-state index in [2.05, 4.69) is 19.2 Å². The van der Waals surface area contributed by atoms with Gasteiger partial charge in [0.25, 0.3) is 0 Å². The van der Waals surface area contributed by atoms with Gasteiger partial charge in [-0.1, -0.05) is 13.8 Å². The lowest BCUT2D eigenvalue weighted by Crippen LogP contribution is -2.48. The second kappa shape index (κ2) is 6.02. The Labute approximate surface area is 121 Å². The molecule has 1 aliphatic rings. The Balaban J connectivity index is 2.69. The summed E-state index contributed by atoms with van der Waals surface area (Å²) in [4.78, 5) is 23.4. The number of alkyl carbamates (subject to hydrolysis) is 1. The van der Waals surface area contributed by atoms with E-state index in [9.17, 15) is 14.7 Å². The van der Waals surface area contributed by atoms with Gasteiger partial charge in [0, 0.05) is 6.54 Å². The van der Waals surface area contributed by atoms with Crippen LogP contribution in [0.1, 0.15) is 53.9 Å². The molecule has 0 bridgehead atoms. The fourth-order valence-corrected chi connectivity index (χ4v) is 3.22. The molecule has 2 atom stereocenters. The first-order valence-electron chi connectivity index (χ1n) is 7.24. The third kappa shape index (κ3) is 4.69. The Morgan fingerprint density at radius 2 is 1.75 bits per heavy atom. The fourth-order valence-electron chi connectivity index (χ4n) is 3.22. The maximum Gasteiger partial charge on any atom is 0.407 e. The Bertz CT molecular complexity index is 363. The zero-order valence-electron chi connectivity index (χ0n) is 13.2. The minimum Gasteiger partial charge on any atom is -0.481 e. The summed E-state index contributed by atoms with van der Waals surface area (Å²) >= 11 is 0. The number of hydrogen-bond acceptors (Lipinski definition) is 3. The van der Waals surface area contributed by atoms with Gasteiger partial charge in [-0.15, -0.1) is 0 Å². The molecule has 2 N–H and O–H groups in total. The Morgan fingerprint density at radius 3 is 2.15 bits per heavy atom. The topological polar surface area (TPSA) is 75.6 Å². The van der Waals surface area contributed by atoms with Crippen molar-refractivity contribution in [1.29, 1.82) is 0 Å². The van der Waals surface area contributed by atoms with Crippen LogP contribution in [0.2, 0.25) is 0 Å². The molecule has 0 spiro atoms. The zero-order valence-corrected chi connectivity index (χ0v) is 13.2. The monoisotopic (exact) mass is 285 g/mol. The van der Waals surface area contributed by atoms with Gasteiger partial charge >= 0.3 is 12.1 Å². The third-order valence-corrected chi connectivity index (χ3v) is 3.71.